The lowest BCUT2D eigenvalue weighted by atomic mass is 10.1. The largest absolute Gasteiger partial charge is 0.326 e. The van der Waals surface area contributed by atoms with E-state index in [9.17, 15) is 0 Å². The Labute approximate surface area is 134 Å². The lowest BCUT2D eigenvalue weighted by Crippen LogP contribution is -2.36. The fourth-order valence-electron chi connectivity index (χ4n) is 2.49. The summed E-state index contributed by atoms with van der Waals surface area (Å²) in [5.74, 6) is 0. The second-order valence-electron chi connectivity index (χ2n) is 5.17. The fraction of sp³-hybridized carbons (Fsp3) is 0.312. The number of thiophene rings is 1. The molecule has 2 atom stereocenters. The smallest absolute Gasteiger partial charge is 0.0991 e. The van der Waals surface area contributed by atoms with Crippen molar-refractivity contribution < 1.29 is 0 Å². The van der Waals surface area contributed by atoms with Crippen molar-refractivity contribution in [3.05, 3.63) is 56.7 Å². The van der Waals surface area contributed by atoms with Crippen molar-refractivity contribution in [2.75, 3.05) is 7.05 Å². The van der Waals surface area contributed by atoms with Gasteiger partial charge in [0, 0.05) is 17.5 Å². The zero-order valence-electron chi connectivity index (χ0n) is 12.1. The minimum Gasteiger partial charge on any atom is -0.326 e. The topological polar surface area (TPSA) is 53.0 Å². The van der Waals surface area contributed by atoms with Crippen LogP contribution in [0.4, 0.5) is 0 Å². The molecule has 0 spiro atoms. The van der Waals surface area contributed by atoms with E-state index in [-0.39, 0.29) is 12.1 Å². The summed E-state index contributed by atoms with van der Waals surface area (Å²) in [7, 11) is 2.04. The number of nitriles is 1. The molecule has 1 aromatic heterocycles. The Morgan fingerprint density at radius 3 is 2.71 bits per heavy atom. The standard InChI is InChI=1S/C16H18ClN3S/c1-11(19)16(14-6-7-15(17)21-14)20(2)10-13-5-3-4-12(8-13)9-18/h3-8,11,16H,10,19H2,1-2H3. The molecule has 0 saturated carbocycles. The maximum absolute atomic E-state index is 8.98. The van der Waals surface area contributed by atoms with Crippen LogP contribution in [0.5, 0.6) is 0 Å². The minimum absolute atomic E-state index is 0.0103. The lowest BCUT2D eigenvalue weighted by molar-refractivity contribution is 0.214. The highest BCUT2D eigenvalue weighted by molar-refractivity contribution is 7.16. The Balaban J connectivity index is 2.19. The Morgan fingerprint density at radius 1 is 1.38 bits per heavy atom. The van der Waals surface area contributed by atoms with Gasteiger partial charge in [-0.3, -0.25) is 4.90 Å². The molecule has 0 aliphatic heterocycles. The van der Waals surface area contributed by atoms with Crippen molar-refractivity contribution >= 4 is 22.9 Å². The molecule has 0 fully saturated rings. The van der Waals surface area contributed by atoms with Gasteiger partial charge in [-0.25, -0.2) is 0 Å². The summed E-state index contributed by atoms with van der Waals surface area (Å²) in [6.45, 7) is 2.73. The number of nitrogens with two attached hydrogens (primary N) is 1. The van der Waals surface area contributed by atoms with Crippen LogP contribution >= 0.6 is 22.9 Å². The summed E-state index contributed by atoms with van der Waals surface area (Å²) in [6.07, 6.45) is 0. The van der Waals surface area contributed by atoms with Crippen LogP contribution in [0.3, 0.4) is 0 Å². The lowest BCUT2D eigenvalue weighted by Gasteiger charge is -2.30. The molecule has 0 saturated heterocycles. The van der Waals surface area contributed by atoms with Gasteiger partial charge in [0.05, 0.1) is 22.0 Å². The van der Waals surface area contributed by atoms with Gasteiger partial charge in [-0.1, -0.05) is 23.7 Å². The van der Waals surface area contributed by atoms with Crippen LogP contribution < -0.4 is 5.73 Å². The highest BCUT2D eigenvalue weighted by atomic mass is 35.5. The molecular formula is C16H18ClN3S. The van der Waals surface area contributed by atoms with Gasteiger partial charge in [0.15, 0.2) is 0 Å². The molecule has 21 heavy (non-hydrogen) atoms. The van der Waals surface area contributed by atoms with Crippen molar-refractivity contribution in [2.24, 2.45) is 5.73 Å². The van der Waals surface area contributed by atoms with E-state index in [1.54, 1.807) is 11.3 Å². The number of likely N-dealkylation sites (N-methyl/N-ethyl adjacent to an activating group) is 1. The molecule has 0 aliphatic carbocycles. The maximum Gasteiger partial charge on any atom is 0.0991 e. The first kappa shape index (κ1) is 16.0. The third kappa shape index (κ3) is 4.05. The SMILES string of the molecule is CC(N)C(c1ccc(Cl)s1)N(C)Cc1cccc(C#N)c1. The Bertz CT molecular complexity index is 645. The number of hydrogen-bond acceptors (Lipinski definition) is 4. The van der Waals surface area contributed by atoms with Gasteiger partial charge in [-0.2, -0.15) is 5.26 Å². The van der Waals surface area contributed by atoms with E-state index < -0.39 is 0 Å². The van der Waals surface area contributed by atoms with Crippen LogP contribution in [0.2, 0.25) is 4.34 Å². The number of hydrogen-bond donors (Lipinski definition) is 1. The number of nitrogens with zero attached hydrogens (tertiary/aromatic N) is 2. The average molecular weight is 320 g/mol. The van der Waals surface area contributed by atoms with Gasteiger partial charge in [0.25, 0.3) is 0 Å². The summed E-state index contributed by atoms with van der Waals surface area (Å²) in [6, 6.07) is 13.9. The quantitative estimate of drug-likeness (QED) is 0.912. The first-order valence-electron chi connectivity index (χ1n) is 6.71. The second-order valence-corrected chi connectivity index (χ2v) is 6.92. The highest BCUT2D eigenvalue weighted by Gasteiger charge is 2.23. The minimum atomic E-state index is -0.0103. The van der Waals surface area contributed by atoms with Crippen molar-refractivity contribution in [3.8, 4) is 6.07 Å². The van der Waals surface area contributed by atoms with Crippen molar-refractivity contribution in [1.29, 1.82) is 5.26 Å². The van der Waals surface area contributed by atoms with E-state index in [4.69, 9.17) is 22.6 Å². The first-order valence-corrected chi connectivity index (χ1v) is 7.91. The monoisotopic (exact) mass is 319 g/mol. The molecule has 0 aliphatic rings. The van der Waals surface area contributed by atoms with Gasteiger partial charge < -0.3 is 5.73 Å². The third-order valence-corrected chi connectivity index (χ3v) is 4.65. The fourth-order valence-corrected chi connectivity index (χ4v) is 3.83. The number of halogens is 1. The predicted molar refractivity (Wildman–Crippen MR) is 88.3 cm³/mol. The molecule has 0 radical (unpaired) electrons. The van der Waals surface area contributed by atoms with E-state index in [0.717, 1.165) is 21.3 Å². The van der Waals surface area contributed by atoms with E-state index >= 15 is 0 Å². The summed E-state index contributed by atoms with van der Waals surface area (Å²) in [5.41, 5.74) is 7.94. The van der Waals surface area contributed by atoms with Crippen molar-refractivity contribution in [1.82, 2.24) is 4.90 Å². The third-order valence-electron chi connectivity index (χ3n) is 3.35. The second kappa shape index (κ2) is 7.06. The van der Waals surface area contributed by atoms with E-state index in [1.807, 2.05) is 50.4 Å². The summed E-state index contributed by atoms with van der Waals surface area (Å²) in [5, 5.41) is 8.98. The zero-order chi connectivity index (χ0) is 15.4. The van der Waals surface area contributed by atoms with Gasteiger partial charge >= 0.3 is 0 Å². The molecule has 2 aromatic rings. The van der Waals surface area contributed by atoms with E-state index in [1.165, 1.54) is 0 Å². The van der Waals surface area contributed by atoms with Gasteiger partial charge in [0.1, 0.15) is 0 Å². The van der Waals surface area contributed by atoms with E-state index in [2.05, 4.69) is 11.0 Å². The molecule has 5 heteroatoms. The normalized spacial score (nSPS) is 13.9. The van der Waals surface area contributed by atoms with Crippen molar-refractivity contribution in [3.63, 3.8) is 0 Å². The van der Waals surface area contributed by atoms with Gasteiger partial charge in [-0.05, 0) is 43.8 Å². The van der Waals surface area contributed by atoms with Crippen LogP contribution in [0, 0.1) is 11.3 Å². The van der Waals surface area contributed by atoms with Crippen LogP contribution in [-0.2, 0) is 6.54 Å². The van der Waals surface area contributed by atoms with Crippen molar-refractivity contribution in [2.45, 2.75) is 25.6 Å². The molecule has 2 rings (SSSR count). The summed E-state index contributed by atoms with van der Waals surface area (Å²) >= 11 is 7.60. The van der Waals surface area contributed by atoms with Gasteiger partial charge in [-0.15, -0.1) is 11.3 Å². The molecule has 1 aromatic carbocycles. The molecule has 110 valence electrons. The molecular weight excluding hydrogens is 302 g/mol. The van der Waals surface area contributed by atoms with Crippen LogP contribution in [0.1, 0.15) is 29.0 Å². The zero-order valence-corrected chi connectivity index (χ0v) is 13.7. The Morgan fingerprint density at radius 2 is 2.14 bits per heavy atom. The summed E-state index contributed by atoms with van der Waals surface area (Å²) < 4.78 is 0.774. The Kier molecular flexibility index (Phi) is 5.38. The highest BCUT2D eigenvalue weighted by Crippen LogP contribution is 2.32. The molecule has 0 amide bonds. The van der Waals surface area contributed by atoms with E-state index in [0.29, 0.717) is 5.56 Å². The molecule has 0 bridgehead atoms. The van der Waals surface area contributed by atoms with Crippen LogP contribution in [0.15, 0.2) is 36.4 Å². The molecule has 1 heterocycles. The molecule has 3 nitrogen and oxygen atoms in total. The number of benzene rings is 1. The molecule has 2 unspecified atom stereocenters. The predicted octanol–water partition coefficient (Wildman–Crippen LogP) is 3.79. The summed E-state index contributed by atoms with van der Waals surface area (Å²) in [4.78, 5) is 3.36. The number of rotatable bonds is 5. The Hall–Kier alpha value is -1.38. The van der Waals surface area contributed by atoms with Crippen LogP contribution in [-0.4, -0.2) is 18.0 Å². The van der Waals surface area contributed by atoms with Gasteiger partial charge in [0.2, 0.25) is 0 Å². The maximum atomic E-state index is 8.98. The van der Waals surface area contributed by atoms with Crippen LogP contribution in [0.25, 0.3) is 0 Å². The first-order chi connectivity index (χ1) is 10.0. The molecule has 2 N–H and O–H groups in total. The average Bonchev–Trinajstić information content (AvgIpc) is 2.84.